The molecule has 1 aromatic carbocycles. The molecule has 0 heterocycles. The average Bonchev–Trinajstić information content (AvgIpc) is 2.84. The van der Waals surface area contributed by atoms with Gasteiger partial charge in [-0.15, -0.1) is 0 Å². The van der Waals surface area contributed by atoms with Gasteiger partial charge in [0.15, 0.2) is 5.78 Å². The van der Waals surface area contributed by atoms with Crippen LogP contribution in [0.5, 0.6) is 0 Å². The van der Waals surface area contributed by atoms with Gasteiger partial charge in [0.2, 0.25) is 0 Å². The van der Waals surface area contributed by atoms with E-state index in [4.69, 9.17) is 4.84 Å². The molecule has 0 radical (unpaired) electrons. The molecule has 4 rings (SSSR count). The van der Waals surface area contributed by atoms with Crippen LogP contribution in [0, 0.1) is 23.7 Å². The number of Topliss-reactive ketones (excluding diaryl/α,β-unsaturated/α-hetero) is 1. The fourth-order valence-corrected chi connectivity index (χ4v) is 4.91. The van der Waals surface area contributed by atoms with Crippen LogP contribution in [0.15, 0.2) is 35.5 Å². The summed E-state index contributed by atoms with van der Waals surface area (Å²) in [4.78, 5) is 18.3. The number of hydrogen-bond acceptors (Lipinski definition) is 3. The van der Waals surface area contributed by atoms with E-state index in [1.165, 1.54) is 25.7 Å². The number of carbonyl (C=O) groups is 1. The van der Waals surface area contributed by atoms with Crippen LogP contribution in [0.4, 0.5) is 0 Å². The van der Waals surface area contributed by atoms with Gasteiger partial charge in [0.1, 0.15) is 12.3 Å². The first-order valence-electron chi connectivity index (χ1n) is 8.62. The van der Waals surface area contributed by atoms with Gasteiger partial charge in [0.25, 0.3) is 0 Å². The highest BCUT2D eigenvalue weighted by molar-refractivity contribution is 6.43. The molecular weight excluding hydrogens is 274 g/mol. The molecular formula is C19H23NO2. The molecule has 0 aliphatic heterocycles. The van der Waals surface area contributed by atoms with E-state index in [1.807, 2.05) is 30.3 Å². The molecule has 3 fully saturated rings. The van der Waals surface area contributed by atoms with Gasteiger partial charge in [0, 0.05) is 11.8 Å². The SMILES string of the molecule is O=C1/C(=N/OCc2ccccc2)C2CCCC3CCCC1C32. The van der Waals surface area contributed by atoms with Gasteiger partial charge >= 0.3 is 0 Å². The van der Waals surface area contributed by atoms with Crippen LogP contribution in [-0.2, 0) is 16.2 Å². The average molecular weight is 297 g/mol. The lowest BCUT2D eigenvalue weighted by molar-refractivity contribution is -0.118. The van der Waals surface area contributed by atoms with E-state index in [2.05, 4.69) is 5.16 Å². The molecule has 3 heteroatoms. The van der Waals surface area contributed by atoms with E-state index in [9.17, 15) is 4.79 Å². The zero-order valence-electron chi connectivity index (χ0n) is 12.9. The molecule has 4 unspecified atom stereocenters. The van der Waals surface area contributed by atoms with Crippen molar-refractivity contribution in [3.8, 4) is 0 Å². The zero-order valence-corrected chi connectivity index (χ0v) is 12.9. The molecule has 0 N–H and O–H groups in total. The van der Waals surface area contributed by atoms with E-state index in [-0.39, 0.29) is 11.7 Å². The van der Waals surface area contributed by atoms with Gasteiger partial charge in [-0.05, 0) is 30.2 Å². The molecule has 4 atom stereocenters. The molecule has 116 valence electrons. The van der Waals surface area contributed by atoms with Crippen LogP contribution >= 0.6 is 0 Å². The van der Waals surface area contributed by atoms with Crippen molar-refractivity contribution in [2.24, 2.45) is 28.8 Å². The lowest BCUT2D eigenvalue weighted by Crippen LogP contribution is -2.33. The number of nitrogens with zero attached hydrogens (tertiary/aromatic N) is 1. The van der Waals surface area contributed by atoms with E-state index in [0.29, 0.717) is 18.4 Å². The Balaban J connectivity index is 1.51. The van der Waals surface area contributed by atoms with Gasteiger partial charge in [-0.1, -0.05) is 61.2 Å². The van der Waals surface area contributed by atoms with Crippen molar-refractivity contribution in [2.45, 2.75) is 45.1 Å². The molecule has 3 saturated carbocycles. The smallest absolute Gasteiger partial charge is 0.184 e. The van der Waals surface area contributed by atoms with Crippen molar-refractivity contribution >= 4 is 11.5 Å². The summed E-state index contributed by atoms with van der Waals surface area (Å²) in [5.74, 6) is 2.21. The third kappa shape index (κ3) is 2.37. The fourth-order valence-electron chi connectivity index (χ4n) is 4.91. The van der Waals surface area contributed by atoms with Gasteiger partial charge in [0.05, 0.1) is 0 Å². The minimum Gasteiger partial charge on any atom is -0.391 e. The summed E-state index contributed by atoms with van der Waals surface area (Å²) in [6.45, 7) is 0.448. The van der Waals surface area contributed by atoms with Gasteiger partial charge < -0.3 is 4.84 Å². The second-order valence-electron chi connectivity index (χ2n) is 7.01. The topological polar surface area (TPSA) is 38.7 Å². The fraction of sp³-hybridized carbons (Fsp3) is 0.579. The monoisotopic (exact) mass is 297 g/mol. The summed E-state index contributed by atoms with van der Waals surface area (Å²) in [7, 11) is 0. The van der Waals surface area contributed by atoms with Crippen molar-refractivity contribution in [2.75, 3.05) is 0 Å². The molecule has 0 spiro atoms. The summed E-state index contributed by atoms with van der Waals surface area (Å²) in [6, 6.07) is 10.0. The molecule has 0 amide bonds. The quantitative estimate of drug-likeness (QED) is 0.792. The van der Waals surface area contributed by atoms with E-state index in [0.717, 1.165) is 30.0 Å². The minimum absolute atomic E-state index is 0.239. The number of rotatable bonds is 3. The lowest BCUT2D eigenvalue weighted by atomic mass is 9.65. The maximum atomic E-state index is 12.7. The van der Waals surface area contributed by atoms with E-state index < -0.39 is 0 Å². The highest BCUT2D eigenvalue weighted by atomic mass is 16.6. The van der Waals surface area contributed by atoms with Crippen LogP contribution < -0.4 is 0 Å². The van der Waals surface area contributed by atoms with Crippen molar-refractivity contribution in [3.05, 3.63) is 35.9 Å². The lowest BCUT2D eigenvalue weighted by Gasteiger charge is -2.39. The van der Waals surface area contributed by atoms with Crippen LogP contribution in [-0.4, -0.2) is 11.5 Å². The van der Waals surface area contributed by atoms with Gasteiger partial charge in [-0.3, -0.25) is 4.79 Å². The van der Waals surface area contributed by atoms with E-state index in [1.54, 1.807) is 0 Å². The van der Waals surface area contributed by atoms with Crippen LogP contribution in [0.1, 0.15) is 44.1 Å². The molecule has 0 aromatic heterocycles. The summed E-state index contributed by atoms with van der Waals surface area (Å²) in [5, 5.41) is 4.31. The summed E-state index contributed by atoms with van der Waals surface area (Å²) in [6.07, 6.45) is 7.25. The normalized spacial score (nSPS) is 35.5. The molecule has 3 nitrogen and oxygen atoms in total. The highest BCUT2D eigenvalue weighted by Crippen LogP contribution is 2.52. The second-order valence-corrected chi connectivity index (χ2v) is 7.01. The highest BCUT2D eigenvalue weighted by Gasteiger charge is 2.53. The van der Waals surface area contributed by atoms with Gasteiger partial charge in [-0.25, -0.2) is 0 Å². The van der Waals surface area contributed by atoms with Crippen LogP contribution in [0.25, 0.3) is 0 Å². The van der Waals surface area contributed by atoms with Crippen molar-refractivity contribution in [3.63, 3.8) is 0 Å². The first-order chi connectivity index (χ1) is 10.8. The maximum Gasteiger partial charge on any atom is 0.184 e. The number of ketones is 1. The predicted octanol–water partition coefficient (Wildman–Crippen LogP) is 3.97. The van der Waals surface area contributed by atoms with Crippen LogP contribution in [0.2, 0.25) is 0 Å². The third-order valence-corrected chi connectivity index (χ3v) is 5.83. The Hall–Kier alpha value is -1.64. The predicted molar refractivity (Wildman–Crippen MR) is 85.3 cm³/mol. The summed E-state index contributed by atoms with van der Waals surface area (Å²) >= 11 is 0. The standard InChI is InChI=1S/C19H23NO2/c21-19-16-11-5-9-14-8-4-10-15(17(14)16)18(19)20-22-12-13-6-2-1-3-7-13/h1-3,6-7,14-17H,4-5,8-12H2/b20-18+. The van der Waals surface area contributed by atoms with Crippen molar-refractivity contribution in [1.29, 1.82) is 0 Å². The number of oxime groups is 1. The molecule has 3 aliphatic rings. The Labute approximate surface area is 131 Å². The summed E-state index contributed by atoms with van der Waals surface area (Å²) in [5.41, 5.74) is 1.84. The number of carbonyl (C=O) groups excluding carboxylic acids is 1. The van der Waals surface area contributed by atoms with Crippen molar-refractivity contribution in [1.82, 2.24) is 0 Å². The Morgan fingerprint density at radius 3 is 2.50 bits per heavy atom. The molecule has 0 saturated heterocycles. The number of benzene rings is 1. The molecule has 3 aliphatic carbocycles. The molecule has 0 bridgehead atoms. The Kier molecular flexibility index (Phi) is 3.73. The van der Waals surface area contributed by atoms with Crippen LogP contribution in [0.3, 0.4) is 0 Å². The van der Waals surface area contributed by atoms with Crippen molar-refractivity contribution < 1.29 is 9.63 Å². The van der Waals surface area contributed by atoms with Gasteiger partial charge in [-0.2, -0.15) is 0 Å². The first kappa shape index (κ1) is 14.0. The Morgan fingerprint density at radius 2 is 1.73 bits per heavy atom. The van der Waals surface area contributed by atoms with E-state index >= 15 is 0 Å². The molecule has 22 heavy (non-hydrogen) atoms. The number of hydrogen-bond donors (Lipinski definition) is 0. The second kappa shape index (κ2) is 5.86. The molecule has 1 aromatic rings. The maximum absolute atomic E-state index is 12.7. The Morgan fingerprint density at radius 1 is 1.00 bits per heavy atom. The zero-order chi connectivity index (χ0) is 14.9. The third-order valence-electron chi connectivity index (χ3n) is 5.83. The first-order valence-corrected chi connectivity index (χ1v) is 8.62. The summed E-state index contributed by atoms with van der Waals surface area (Å²) < 4.78 is 0. The minimum atomic E-state index is 0.239. The largest absolute Gasteiger partial charge is 0.391 e. The Bertz CT molecular complexity index is 578.